The van der Waals surface area contributed by atoms with E-state index in [1.54, 1.807) is 6.07 Å². The first kappa shape index (κ1) is 18.3. The van der Waals surface area contributed by atoms with E-state index < -0.39 is 0 Å². The van der Waals surface area contributed by atoms with Gasteiger partial charge in [0.15, 0.2) is 16.8 Å². The van der Waals surface area contributed by atoms with Crippen molar-refractivity contribution in [3.63, 3.8) is 0 Å². The van der Waals surface area contributed by atoms with E-state index in [-0.39, 0.29) is 5.43 Å². The number of fused-ring (bicyclic) bond motifs is 1. The Morgan fingerprint density at radius 2 is 1.81 bits per heavy atom. The Morgan fingerprint density at radius 1 is 1.04 bits per heavy atom. The van der Waals surface area contributed by atoms with Crippen molar-refractivity contribution in [2.45, 2.75) is 6.42 Å². The van der Waals surface area contributed by atoms with Crippen molar-refractivity contribution >= 4 is 26.9 Å². The van der Waals surface area contributed by atoms with Crippen molar-refractivity contribution in [3.8, 4) is 28.6 Å². The number of hydrogen-bond acceptors (Lipinski definition) is 5. The lowest BCUT2D eigenvalue weighted by molar-refractivity contribution is 0.293. The summed E-state index contributed by atoms with van der Waals surface area (Å²) in [4.78, 5) is 12.7. The number of methoxy groups -OCH3 is 2. The van der Waals surface area contributed by atoms with Gasteiger partial charge >= 0.3 is 0 Å². The molecular weight excluding hydrogens is 400 g/mol. The molecule has 2 aromatic carbocycles. The van der Waals surface area contributed by atoms with Crippen molar-refractivity contribution in [3.05, 3.63) is 52.7 Å². The fourth-order valence-electron chi connectivity index (χ4n) is 2.70. The number of ether oxygens (including phenoxy) is 3. The van der Waals surface area contributed by atoms with Gasteiger partial charge in [0.1, 0.15) is 16.9 Å². The highest BCUT2D eigenvalue weighted by Gasteiger charge is 2.20. The molecule has 0 saturated carbocycles. The molecule has 0 unspecified atom stereocenters. The Kier molecular flexibility index (Phi) is 5.83. The first-order valence-electron chi connectivity index (χ1n) is 8.16. The molecule has 1 heterocycles. The van der Waals surface area contributed by atoms with Crippen LogP contribution in [0.25, 0.3) is 22.3 Å². The van der Waals surface area contributed by atoms with E-state index in [4.69, 9.17) is 18.6 Å². The highest BCUT2D eigenvalue weighted by atomic mass is 79.9. The maximum Gasteiger partial charge on any atom is 0.205 e. The van der Waals surface area contributed by atoms with Crippen molar-refractivity contribution in [2.24, 2.45) is 0 Å². The van der Waals surface area contributed by atoms with Crippen LogP contribution in [0.5, 0.6) is 17.2 Å². The van der Waals surface area contributed by atoms with Crippen molar-refractivity contribution in [1.29, 1.82) is 0 Å². The Bertz CT molecular complexity index is 950. The molecule has 26 heavy (non-hydrogen) atoms. The molecule has 0 atom stereocenters. The van der Waals surface area contributed by atoms with Gasteiger partial charge in [0.25, 0.3) is 0 Å². The summed E-state index contributed by atoms with van der Waals surface area (Å²) in [5, 5.41) is 1.16. The van der Waals surface area contributed by atoms with Crippen molar-refractivity contribution < 1.29 is 18.6 Å². The average molecular weight is 419 g/mol. The van der Waals surface area contributed by atoms with Gasteiger partial charge < -0.3 is 18.6 Å². The van der Waals surface area contributed by atoms with E-state index >= 15 is 0 Å². The van der Waals surface area contributed by atoms with Gasteiger partial charge in [-0.05, 0) is 6.42 Å². The minimum absolute atomic E-state index is 0.202. The predicted octanol–water partition coefficient (Wildman–Crippen LogP) is 4.64. The fourth-order valence-corrected chi connectivity index (χ4v) is 2.93. The second kappa shape index (κ2) is 8.27. The maximum absolute atomic E-state index is 12.7. The Morgan fingerprint density at radius 3 is 2.46 bits per heavy atom. The van der Waals surface area contributed by atoms with Crippen LogP contribution in [0.1, 0.15) is 6.42 Å². The third-order valence-corrected chi connectivity index (χ3v) is 4.46. The quantitative estimate of drug-likeness (QED) is 0.413. The third kappa shape index (κ3) is 3.55. The van der Waals surface area contributed by atoms with Crippen molar-refractivity contribution in [1.82, 2.24) is 0 Å². The number of alkyl halides is 1. The van der Waals surface area contributed by atoms with E-state index in [0.717, 1.165) is 17.3 Å². The number of benzene rings is 2. The van der Waals surface area contributed by atoms with Crippen LogP contribution in [0.4, 0.5) is 0 Å². The van der Waals surface area contributed by atoms with E-state index in [2.05, 4.69) is 15.9 Å². The zero-order valence-corrected chi connectivity index (χ0v) is 16.2. The first-order valence-corrected chi connectivity index (χ1v) is 9.28. The van der Waals surface area contributed by atoms with E-state index in [1.807, 2.05) is 30.3 Å². The van der Waals surface area contributed by atoms with Crippen LogP contribution in [-0.2, 0) is 0 Å². The summed E-state index contributed by atoms with van der Waals surface area (Å²) in [5.41, 5.74) is 0.914. The molecule has 0 spiro atoms. The van der Waals surface area contributed by atoms with Gasteiger partial charge in [-0.2, -0.15) is 0 Å². The standard InChI is InChI=1S/C20H19BrO5/c1-23-16-12-17(25-10-6-9-21)19(24-2)20-18(16)14(22)11-15(26-20)13-7-4-3-5-8-13/h3-5,7-8,11-12H,6,9-10H2,1-2H3. The van der Waals surface area contributed by atoms with Crippen LogP contribution in [0.3, 0.4) is 0 Å². The second-order valence-corrected chi connectivity index (χ2v) is 6.34. The van der Waals surface area contributed by atoms with Gasteiger partial charge in [0.05, 0.1) is 20.8 Å². The van der Waals surface area contributed by atoms with E-state index in [0.29, 0.717) is 40.6 Å². The second-order valence-electron chi connectivity index (χ2n) is 5.55. The van der Waals surface area contributed by atoms with Gasteiger partial charge in [-0.3, -0.25) is 4.79 Å². The maximum atomic E-state index is 12.7. The SMILES string of the molecule is COc1c(OCCCBr)cc(OC)c2c(=O)cc(-c3ccccc3)oc12. The Hall–Kier alpha value is -2.47. The predicted molar refractivity (Wildman–Crippen MR) is 105 cm³/mol. The van der Waals surface area contributed by atoms with E-state index in [9.17, 15) is 4.79 Å². The normalized spacial score (nSPS) is 10.7. The highest BCUT2D eigenvalue weighted by molar-refractivity contribution is 9.09. The van der Waals surface area contributed by atoms with Crippen molar-refractivity contribution in [2.75, 3.05) is 26.2 Å². The van der Waals surface area contributed by atoms with Gasteiger partial charge in [0.2, 0.25) is 5.75 Å². The summed E-state index contributed by atoms with van der Waals surface area (Å²) >= 11 is 3.38. The minimum Gasteiger partial charge on any atom is -0.496 e. The monoisotopic (exact) mass is 418 g/mol. The van der Waals surface area contributed by atoms with Crippen LogP contribution in [0.2, 0.25) is 0 Å². The van der Waals surface area contributed by atoms with Gasteiger partial charge in [-0.25, -0.2) is 0 Å². The number of hydrogen-bond donors (Lipinski definition) is 0. The molecule has 5 nitrogen and oxygen atoms in total. The fraction of sp³-hybridized carbons (Fsp3) is 0.250. The molecule has 0 aliphatic heterocycles. The highest BCUT2D eigenvalue weighted by Crippen LogP contribution is 2.41. The van der Waals surface area contributed by atoms with Crippen LogP contribution < -0.4 is 19.6 Å². The summed E-state index contributed by atoms with van der Waals surface area (Å²) in [6.45, 7) is 0.499. The molecule has 6 heteroatoms. The first-order chi connectivity index (χ1) is 12.7. The molecule has 1 aromatic heterocycles. The molecule has 0 bridgehead atoms. The third-order valence-electron chi connectivity index (χ3n) is 3.90. The molecule has 0 aliphatic rings. The van der Waals surface area contributed by atoms with Crippen LogP contribution in [-0.4, -0.2) is 26.2 Å². The molecule has 0 aliphatic carbocycles. The number of rotatable bonds is 7. The molecule has 3 rings (SSSR count). The summed E-state index contributed by atoms with van der Waals surface area (Å²) in [7, 11) is 3.03. The zero-order valence-electron chi connectivity index (χ0n) is 14.6. The average Bonchev–Trinajstić information content (AvgIpc) is 2.67. The Balaban J connectivity index is 2.24. The molecular formula is C20H19BrO5. The molecule has 136 valence electrons. The topological polar surface area (TPSA) is 57.9 Å². The smallest absolute Gasteiger partial charge is 0.205 e. The van der Waals surface area contributed by atoms with Gasteiger partial charge in [0, 0.05) is 23.0 Å². The number of halogens is 1. The van der Waals surface area contributed by atoms with Gasteiger partial charge in [-0.1, -0.05) is 46.3 Å². The zero-order chi connectivity index (χ0) is 18.5. The largest absolute Gasteiger partial charge is 0.496 e. The summed E-state index contributed by atoms with van der Waals surface area (Å²) < 4.78 is 22.8. The summed E-state index contributed by atoms with van der Waals surface area (Å²) in [6.07, 6.45) is 0.831. The minimum atomic E-state index is -0.202. The van der Waals surface area contributed by atoms with Crippen LogP contribution >= 0.6 is 15.9 Å². The lowest BCUT2D eigenvalue weighted by atomic mass is 10.1. The molecule has 0 radical (unpaired) electrons. The summed E-state index contributed by atoms with van der Waals surface area (Å²) in [6, 6.07) is 12.6. The lowest BCUT2D eigenvalue weighted by Crippen LogP contribution is -2.06. The summed E-state index contributed by atoms with van der Waals surface area (Å²) in [5.74, 6) is 1.71. The van der Waals surface area contributed by atoms with Gasteiger partial charge in [-0.15, -0.1) is 0 Å². The molecule has 3 aromatic rings. The molecule has 0 fully saturated rings. The van der Waals surface area contributed by atoms with Crippen LogP contribution in [0.15, 0.2) is 51.7 Å². The lowest BCUT2D eigenvalue weighted by Gasteiger charge is -2.15. The van der Waals surface area contributed by atoms with E-state index in [1.165, 1.54) is 20.3 Å². The molecule has 0 saturated heterocycles. The molecule has 0 amide bonds. The molecule has 0 N–H and O–H groups in total. The van der Waals surface area contributed by atoms with Crippen LogP contribution in [0, 0.1) is 0 Å². The Labute approximate surface area is 159 Å².